The molecular weight excluding hydrogens is 380 g/mol. The largest absolute Gasteiger partial charge is 0.351 e. The van der Waals surface area contributed by atoms with Gasteiger partial charge in [0.1, 0.15) is 6.07 Å². The Bertz CT molecular complexity index is 971. The molecule has 0 aliphatic carbocycles. The summed E-state index contributed by atoms with van der Waals surface area (Å²) in [6, 6.07) is 16.4. The normalized spacial score (nSPS) is 11.6. The minimum Gasteiger partial charge on any atom is -0.351 e. The summed E-state index contributed by atoms with van der Waals surface area (Å²) >= 11 is 1.34. The third-order valence-corrected chi connectivity index (χ3v) is 7.71. The third kappa shape index (κ3) is 5.34. The molecule has 0 saturated heterocycles. The lowest BCUT2D eigenvalue weighted by Crippen LogP contribution is -2.36. The van der Waals surface area contributed by atoms with Crippen molar-refractivity contribution in [3.63, 3.8) is 0 Å². The van der Waals surface area contributed by atoms with E-state index < -0.39 is 14.6 Å². The molecule has 0 atom stereocenters. The van der Waals surface area contributed by atoms with Crippen LogP contribution in [-0.4, -0.2) is 31.4 Å². The van der Waals surface area contributed by atoms with E-state index in [0.717, 1.165) is 4.90 Å². The summed E-state index contributed by atoms with van der Waals surface area (Å²) in [5.74, 6) is -0.453. The van der Waals surface area contributed by atoms with Gasteiger partial charge in [-0.25, -0.2) is 8.42 Å². The third-order valence-electron chi connectivity index (χ3n) is 3.95. The fraction of sp³-hybridized carbons (Fsp3) is 0.300. The van der Waals surface area contributed by atoms with Gasteiger partial charge in [-0.1, -0.05) is 36.0 Å². The van der Waals surface area contributed by atoms with E-state index in [9.17, 15) is 18.5 Å². The molecular formula is C20H22N2O3S2. The van der Waals surface area contributed by atoms with Gasteiger partial charge in [0, 0.05) is 16.3 Å². The Kier molecular flexibility index (Phi) is 6.68. The van der Waals surface area contributed by atoms with E-state index in [2.05, 4.69) is 11.4 Å². The number of nitrogens with one attached hydrogen (secondary N) is 1. The number of hydrogen-bond acceptors (Lipinski definition) is 5. The Hall–Kier alpha value is -2.30. The quantitative estimate of drug-likeness (QED) is 0.797. The molecule has 0 radical (unpaired) electrons. The van der Waals surface area contributed by atoms with E-state index in [-0.39, 0.29) is 18.2 Å². The van der Waals surface area contributed by atoms with E-state index in [0.29, 0.717) is 16.0 Å². The van der Waals surface area contributed by atoms with Crippen LogP contribution < -0.4 is 5.32 Å². The average Bonchev–Trinajstić information content (AvgIpc) is 2.61. The molecule has 0 aliphatic rings. The van der Waals surface area contributed by atoms with Crippen molar-refractivity contribution in [2.24, 2.45) is 0 Å². The molecule has 2 aromatic carbocycles. The molecule has 142 valence electrons. The first-order chi connectivity index (χ1) is 12.7. The minimum absolute atomic E-state index is 0.0478. The Morgan fingerprint density at radius 3 is 2.30 bits per heavy atom. The second-order valence-corrected chi connectivity index (χ2v) is 10.8. The van der Waals surface area contributed by atoms with Gasteiger partial charge in [-0.15, -0.1) is 0 Å². The maximum absolute atomic E-state index is 12.6. The summed E-state index contributed by atoms with van der Waals surface area (Å²) in [6.45, 7) is 4.97. The summed E-state index contributed by atoms with van der Waals surface area (Å²) in [5, 5.41) is 11.9. The summed E-state index contributed by atoms with van der Waals surface area (Å²) in [7, 11) is -3.30. The predicted octanol–water partition coefficient (Wildman–Crippen LogP) is 3.65. The van der Waals surface area contributed by atoms with Crippen LogP contribution in [0, 0.1) is 11.3 Å². The lowest BCUT2D eigenvalue weighted by molar-refractivity contribution is 0.0953. The van der Waals surface area contributed by atoms with Gasteiger partial charge in [0.25, 0.3) is 5.91 Å². The van der Waals surface area contributed by atoms with Crippen molar-refractivity contribution in [3.8, 4) is 6.07 Å². The topological polar surface area (TPSA) is 87.0 Å². The lowest BCUT2D eigenvalue weighted by Gasteiger charge is -2.19. The monoisotopic (exact) mass is 402 g/mol. The highest BCUT2D eigenvalue weighted by Gasteiger charge is 2.28. The number of hydrogen-bond donors (Lipinski definition) is 1. The Labute approximate surface area is 164 Å². The van der Waals surface area contributed by atoms with Gasteiger partial charge in [-0.3, -0.25) is 4.79 Å². The van der Waals surface area contributed by atoms with Gasteiger partial charge in [-0.05, 0) is 45.0 Å². The van der Waals surface area contributed by atoms with Gasteiger partial charge in [0.05, 0.1) is 21.6 Å². The molecule has 0 aliphatic heterocycles. The number of sulfone groups is 1. The van der Waals surface area contributed by atoms with Crippen molar-refractivity contribution in [1.29, 1.82) is 5.26 Å². The first-order valence-electron chi connectivity index (χ1n) is 8.42. The van der Waals surface area contributed by atoms with E-state index in [4.69, 9.17) is 0 Å². The smallest absolute Gasteiger partial charge is 0.252 e. The van der Waals surface area contributed by atoms with Gasteiger partial charge in [0.15, 0.2) is 9.84 Å². The van der Waals surface area contributed by atoms with Crippen molar-refractivity contribution >= 4 is 27.5 Å². The molecule has 0 spiro atoms. The van der Waals surface area contributed by atoms with Crippen LogP contribution in [0.1, 0.15) is 36.7 Å². The van der Waals surface area contributed by atoms with Crippen molar-refractivity contribution in [3.05, 3.63) is 59.7 Å². The summed E-state index contributed by atoms with van der Waals surface area (Å²) in [5.41, 5.74) is 0.984. The molecule has 0 unspecified atom stereocenters. The maximum Gasteiger partial charge on any atom is 0.252 e. The van der Waals surface area contributed by atoms with Gasteiger partial charge in [-0.2, -0.15) is 5.26 Å². The molecule has 0 saturated carbocycles. The van der Waals surface area contributed by atoms with Crippen molar-refractivity contribution in [2.45, 2.75) is 35.3 Å². The first kappa shape index (κ1) is 21.0. The highest BCUT2D eigenvalue weighted by atomic mass is 32.2. The van der Waals surface area contributed by atoms with Crippen LogP contribution in [0.5, 0.6) is 0 Å². The SMILES string of the molecule is CC(C)(C)S(=O)(=O)CCNC(=O)c1ccccc1Sc1ccccc1C#N. The fourth-order valence-electron chi connectivity index (χ4n) is 2.21. The molecule has 0 heterocycles. The molecule has 5 nitrogen and oxygen atoms in total. The second kappa shape index (κ2) is 8.59. The molecule has 0 aromatic heterocycles. The van der Waals surface area contributed by atoms with E-state index in [1.54, 1.807) is 51.1 Å². The van der Waals surface area contributed by atoms with Crippen LogP contribution in [0.3, 0.4) is 0 Å². The van der Waals surface area contributed by atoms with E-state index in [1.807, 2.05) is 18.2 Å². The molecule has 0 bridgehead atoms. The van der Waals surface area contributed by atoms with Gasteiger partial charge < -0.3 is 5.32 Å². The highest BCUT2D eigenvalue weighted by molar-refractivity contribution is 7.99. The van der Waals surface area contributed by atoms with Gasteiger partial charge >= 0.3 is 0 Å². The zero-order valence-corrected chi connectivity index (χ0v) is 17.2. The zero-order valence-electron chi connectivity index (χ0n) is 15.5. The molecule has 1 N–H and O–H groups in total. The number of carbonyl (C=O) groups is 1. The Morgan fingerprint density at radius 1 is 1.07 bits per heavy atom. The van der Waals surface area contributed by atoms with Crippen molar-refractivity contribution in [2.75, 3.05) is 12.3 Å². The number of benzene rings is 2. The number of carbonyl (C=O) groups excluding carboxylic acids is 1. The summed E-state index contributed by atoms with van der Waals surface area (Å²) in [6.07, 6.45) is 0. The standard InChI is InChI=1S/C20H22N2O3S2/c1-20(2,3)27(24,25)13-12-22-19(23)16-9-5-7-11-18(16)26-17-10-6-4-8-15(17)14-21/h4-11H,12-13H2,1-3H3,(H,22,23). The molecule has 2 aromatic rings. The van der Waals surface area contributed by atoms with Crippen molar-refractivity contribution < 1.29 is 13.2 Å². The Balaban J connectivity index is 2.13. The fourth-order valence-corrected chi connectivity index (χ4v) is 4.22. The zero-order chi connectivity index (χ0) is 20.1. The lowest BCUT2D eigenvalue weighted by atomic mass is 10.2. The molecule has 7 heteroatoms. The maximum atomic E-state index is 12.6. The van der Waals surface area contributed by atoms with Crippen molar-refractivity contribution in [1.82, 2.24) is 5.32 Å². The number of amides is 1. The van der Waals surface area contributed by atoms with Gasteiger partial charge in [0.2, 0.25) is 0 Å². The van der Waals surface area contributed by atoms with E-state index in [1.165, 1.54) is 11.8 Å². The van der Waals surface area contributed by atoms with Crippen LogP contribution in [0.2, 0.25) is 0 Å². The van der Waals surface area contributed by atoms with Crippen LogP contribution >= 0.6 is 11.8 Å². The van der Waals surface area contributed by atoms with Crippen LogP contribution in [0.25, 0.3) is 0 Å². The molecule has 0 fully saturated rings. The van der Waals surface area contributed by atoms with Crippen LogP contribution in [-0.2, 0) is 9.84 Å². The summed E-state index contributed by atoms with van der Waals surface area (Å²) < 4.78 is 23.5. The highest BCUT2D eigenvalue weighted by Crippen LogP contribution is 2.32. The first-order valence-corrected chi connectivity index (χ1v) is 10.9. The molecule has 2 rings (SSSR count). The summed E-state index contributed by atoms with van der Waals surface area (Å²) in [4.78, 5) is 14.0. The Morgan fingerprint density at radius 2 is 1.67 bits per heavy atom. The van der Waals surface area contributed by atoms with Crippen LogP contribution in [0.15, 0.2) is 58.3 Å². The molecule has 1 amide bonds. The number of nitriles is 1. The minimum atomic E-state index is -3.30. The second-order valence-electron chi connectivity index (χ2n) is 6.89. The predicted molar refractivity (Wildman–Crippen MR) is 108 cm³/mol. The van der Waals surface area contributed by atoms with Crippen LogP contribution in [0.4, 0.5) is 0 Å². The number of rotatable bonds is 6. The van der Waals surface area contributed by atoms with E-state index >= 15 is 0 Å². The number of nitrogens with zero attached hydrogens (tertiary/aromatic N) is 1. The average molecular weight is 403 g/mol. The molecule has 27 heavy (non-hydrogen) atoms.